The van der Waals surface area contributed by atoms with Gasteiger partial charge >= 0.3 is 11.9 Å². The summed E-state index contributed by atoms with van der Waals surface area (Å²) in [6, 6.07) is 16.6. The van der Waals surface area contributed by atoms with Crippen LogP contribution >= 0.6 is 0 Å². The maximum atomic E-state index is 13.1. The Morgan fingerprint density at radius 1 is 0.540 bits per heavy atom. The number of carboxylic acids is 2. The number of hydrogen-bond acceptors (Lipinski definition) is 5. The summed E-state index contributed by atoms with van der Waals surface area (Å²) in [7, 11) is 0. The SMILES string of the molecule is CC(C)(C)c1cc(C(=O)O)nc(C(=O)O)c1.Cc1cc(C(C)(C)C)ccn1.Cc1ccc(C(C)(C)C)cc1F.Cc1ccc(C(C)(C)C)cn1. The van der Waals surface area contributed by atoms with E-state index in [0.717, 1.165) is 17.0 Å². The summed E-state index contributed by atoms with van der Waals surface area (Å²) in [6.45, 7) is 30.9. The monoisotopic (exact) mass is 687 g/mol. The van der Waals surface area contributed by atoms with E-state index in [1.54, 1.807) is 13.0 Å². The van der Waals surface area contributed by atoms with Gasteiger partial charge in [0.1, 0.15) is 17.2 Å². The minimum atomic E-state index is -1.23. The van der Waals surface area contributed by atoms with Crippen LogP contribution in [0.4, 0.5) is 4.39 Å². The summed E-state index contributed by atoms with van der Waals surface area (Å²) in [5, 5.41) is 17.7. The van der Waals surface area contributed by atoms with Crippen LogP contribution in [0.2, 0.25) is 0 Å². The Morgan fingerprint density at radius 2 is 0.980 bits per heavy atom. The van der Waals surface area contributed by atoms with Gasteiger partial charge in [-0.1, -0.05) is 101 Å². The van der Waals surface area contributed by atoms with Crippen molar-refractivity contribution in [3.05, 3.63) is 123 Å². The molecule has 0 atom stereocenters. The van der Waals surface area contributed by atoms with Gasteiger partial charge in [-0.05, 0) is 107 Å². The molecular formula is C42H58FN3O4. The molecular weight excluding hydrogens is 629 g/mol. The minimum absolute atomic E-state index is 0.0362. The Labute approximate surface area is 299 Å². The summed E-state index contributed by atoms with van der Waals surface area (Å²) in [6.07, 6.45) is 3.82. The molecule has 2 N–H and O–H groups in total. The van der Waals surface area contributed by atoms with Crippen molar-refractivity contribution in [2.75, 3.05) is 0 Å². The van der Waals surface area contributed by atoms with Crippen molar-refractivity contribution in [1.29, 1.82) is 0 Å². The van der Waals surface area contributed by atoms with E-state index in [9.17, 15) is 14.0 Å². The molecule has 3 heterocycles. The van der Waals surface area contributed by atoms with E-state index in [1.165, 1.54) is 23.3 Å². The Bertz CT molecular complexity index is 1690. The van der Waals surface area contributed by atoms with Crippen LogP contribution in [-0.4, -0.2) is 37.1 Å². The number of rotatable bonds is 2. The number of aryl methyl sites for hydroxylation is 3. The molecule has 0 radical (unpaired) electrons. The van der Waals surface area contributed by atoms with Crippen molar-refractivity contribution in [3.63, 3.8) is 0 Å². The number of aromatic carboxylic acids is 2. The molecule has 0 saturated heterocycles. The van der Waals surface area contributed by atoms with Gasteiger partial charge in [0.2, 0.25) is 0 Å². The first-order valence-corrected chi connectivity index (χ1v) is 16.7. The number of halogens is 1. The first-order valence-electron chi connectivity index (χ1n) is 16.7. The van der Waals surface area contributed by atoms with Crippen LogP contribution in [0.15, 0.2) is 67.0 Å². The van der Waals surface area contributed by atoms with Crippen LogP contribution in [0.1, 0.15) is 143 Å². The summed E-state index contributed by atoms with van der Waals surface area (Å²) >= 11 is 0. The van der Waals surface area contributed by atoms with Gasteiger partial charge in [0.15, 0.2) is 0 Å². The molecule has 0 fully saturated rings. The number of pyridine rings is 3. The largest absolute Gasteiger partial charge is 0.477 e. The molecule has 3 aromatic heterocycles. The normalized spacial score (nSPS) is 11.5. The molecule has 7 nitrogen and oxygen atoms in total. The highest BCUT2D eigenvalue weighted by molar-refractivity contribution is 5.90. The number of carbonyl (C=O) groups is 2. The van der Waals surface area contributed by atoms with Gasteiger partial charge in [0.05, 0.1) is 0 Å². The lowest BCUT2D eigenvalue weighted by Gasteiger charge is -2.19. The van der Waals surface area contributed by atoms with Crippen molar-refractivity contribution in [1.82, 2.24) is 15.0 Å². The molecule has 272 valence electrons. The molecule has 50 heavy (non-hydrogen) atoms. The number of benzene rings is 1. The van der Waals surface area contributed by atoms with E-state index in [-0.39, 0.29) is 38.9 Å². The molecule has 0 aliphatic rings. The highest BCUT2D eigenvalue weighted by atomic mass is 19.1. The summed E-state index contributed by atoms with van der Waals surface area (Å²) in [5.41, 5.74) is 6.91. The second-order valence-corrected chi connectivity index (χ2v) is 16.6. The predicted molar refractivity (Wildman–Crippen MR) is 202 cm³/mol. The molecule has 4 aromatic rings. The smallest absolute Gasteiger partial charge is 0.354 e. The quantitative estimate of drug-likeness (QED) is 0.216. The average Bonchev–Trinajstić information content (AvgIpc) is 2.97. The highest BCUT2D eigenvalue weighted by Gasteiger charge is 2.20. The number of hydrogen-bond donors (Lipinski definition) is 2. The average molecular weight is 688 g/mol. The van der Waals surface area contributed by atoms with Crippen LogP contribution in [0, 0.1) is 26.6 Å². The van der Waals surface area contributed by atoms with E-state index in [4.69, 9.17) is 10.2 Å². The van der Waals surface area contributed by atoms with E-state index < -0.39 is 11.9 Å². The maximum Gasteiger partial charge on any atom is 0.354 e. The van der Waals surface area contributed by atoms with E-state index in [2.05, 4.69) is 102 Å². The number of carboxylic acid groups (broad SMARTS) is 2. The fourth-order valence-corrected chi connectivity index (χ4v) is 4.17. The molecule has 0 amide bonds. The minimum Gasteiger partial charge on any atom is -0.477 e. The fourth-order valence-electron chi connectivity index (χ4n) is 4.17. The second kappa shape index (κ2) is 17.5. The van der Waals surface area contributed by atoms with Gasteiger partial charge in [0.25, 0.3) is 0 Å². The maximum absolute atomic E-state index is 13.1. The second-order valence-electron chi connectivity index (χ2n) is 16.6. The van der Waals surface area contributed by atoms with E-state index >= 15 is 0 Å². The molecule has 0 saturated carbocycles. The van der Waals surface area contributed by atoms with Crippen molar-refractivity contribution in [2.24, 2.45) is 0 Å². The molecule has 0 aliphatic heterocycles. The van der Waals surface area contributed by atoms with Crippen molar-refractivity contribution in [3.8, 4) is 0 Å². The van der Waals surface area contributed by atoms with Gasteiger partial charge in [-0.3, -0.25) is 9.97 Å². The standard InChI is InChI=1S/C11H15F.C11H13NO4.2C10H15N/c1-8-5-6-9(7-10(8)12)11(2,3)4;1-11(2,3)6-4-7(9(13)14)12-8(5-6)10(15)16;1-8-7-9(5-6-11-8)10(2,3)4;1-8-5-6-9(7-11-8)10(2,3)4/h5-7H,1-4H3;4-5H,1-3H3,(H,13,14)(H,15,16);2*5-7H,1-4H3. The zero-order valence-electron chi connectivity index (χ0n) is 32.8. The summed E-state index contributed by atoms with van der Waals surface area (Å²) < 4.78 is 13.1. The Morgan fingerprint density at radius 3 is 1.32 bits per heavy atom. The lowest BCUT2D eigenvalue weighted by Crippen LogP contribution is -2.16. The Hall–Kier alpha value is -4.46. The van der Waals surface area contributed by atoms with Crippen molar-refractivity contribution >= 4 is 11.9 Å². The molecule has 8 heteroatoms. The van der Waals surface area contributed by atoms with Crippen LogP contribution in [0.5, 0.6) is 0 Å². The number of aromatic nitrogens is 3. The highest BCUT2D eigenvalue weighted by Crippen LogP contribution is 2.25. The van der Waals surface area contributed by atoms with Crippen LogP contribution in [0.3, 0.4) is 0 Å². The van der Waals surface area contributed by atoms with Gasteiger partial charge < -0.3 is 10.2 Å². The zero-order valence-corrected chi connectivity index (χ0v) is 32.8. The lowest BCUT2D eigenvalue weighted by atomic mass is 9.86. The number of nitrogens with zero attached hydrogens (tertiary/aromatic N) is 3. The third kappa shape index (κ3) is 15.0. The Kier molecular flexibility index (Phi) is 15.2. The molecule has 4 rings (SSSR count). The van der Waals surface area contributed by atoms with Gasteiger partial charge in [-0.15, -0.1) is 0 Å². The first kappa shape index (κ1) is 43.6. The van der Waals surface area contributed by atoms with Crippen LogP contribution in [0.25, 0.3) is 0 Å². The van der Waals surface area contributed by atoms with Crippen molar-refractivity contribution < 1.29 is 24.2 Å². The zero-order chi connectivity index (χ0) is 38.8. The van der Waals surface area contributed by atoms with Gasteiger partial charge in [0, 0.05) is 23.8 Å². The van der Waals surface area contributed by atoms with Gasteiger partial charge in [-0.2, -0.15) is 0 Å². The van der Waals surface area contributed by atoms with Crippen LogP contribution in [-0.2, 0) is 21.7 Å². The molecule has 1 aromatic carbocycles. The fraction of sp³-hybridized carbons (Fsp3) is 0.452. The molecule has 0 aliphatic carbocycles. The van der Waals surface area contributed by atoms with E-state index in [1.807, 2.05) is 59.1 Å². The van der Waals surface area contributed by atoms with Crippen molar-refractivity contribution in [2.45, 2.75) is 126 Å². The summed E-state index contributed by atoms with van der Waals surface area (Å²) in [4.78, 5) is 33.5. The predicted octanol–water partition coefficient (Wildman–Crippen LogP) is 10.6. The topological polar surface area (TPSA) is 113 Å². The molecule has 0 bridgehead atoms. The Balaban J connectivity index is 0.000000338. The lowest BCUT2D eigenvalue weighted by molar-refractivity contribution is 0.0684. The van der Waals surface area contributed by atoms with Gasteiger partial charge in [-0.25, -0.2) is 19.0 Å². The molecule has 0 spiro atoms. The third-order valence-corrected chi connectivity index (χ3v) is 7.71. The van der Waals surface area contributed by atoms with E-state index in [0.29, 0.717) is 11.1 Å². The first-order chi connectivity index (χ1) is 22.6. The summed E-state index contributed by atoms with van der Waals surface area (Å²) in [5.74, 6) is -2.57. The molecule has 0 unspecified atom stereocenters. The van der Waals surface area contributed by atoms with Crippen LogP contribution < -0.4 is 0 Å². The third-order valence-electron chi connectivity index (χ3n) is 7.71.